The molecule has 1 heterocycles. The molecule has 3 rings (SSSR count). The third-order valence-electron chi connectivity index (χ3n) is 4.27. The first kappa shape index (κ1) is 20.5. The standard InChI is InChI=1S/C22H20N2O4S/c1-15-3-4-16(2)19(13-15)28-12-10-24-21(25)20(29-22(24)26)14-17-5-7-18(8-6-17)27-11-9-23/h3-8,13-14H,10-12H2,1-2H3/b20-14-. The first-order chi connectivity index (χ1) is 14.0. The van der Waals surface area contributed by atoms with Gasteiger partial charge in [0.25, 0.3) is 11.1 Å². The lowest BCUT2D eigenvalue weighted by Gasteiger charge is -2.14. The van der Waals surface area contributed by atoms with Crippen LogP contribution in [0.5, 0.6) is 11.5 Å². The summed E-state index contributed by atoms with van der Waals surface area (Å²) in [6.07, 6.45) is 1.67. The molecular formula is C22H20N2O4S. The van der Waals surface area contributed by atoms with Gasteiger partial charge >= 0.3 is 0 Å². The lowest BCUT2D eigenvalue weighted by molar-refractivity contribution is -0.123. The van der Waals surface area contributed by atoms with E-state index in [9.17, 15) is 9.59 Å². The number of nitrogens with zero attached hydrogens (tertiary/aromatic N) is 2. The number of ether oxygens (including phenoxy) is 2. The molecule has 0 atom stereocenters. The molecule has 1 aliphatic rings. The highest BCUT2D eigenvalue weighted by atomic mass is 32.2. The minimum atomic E-state index is -0.325. The van der Waals surface area contributed by atoms with Gasteiger partial charge in [-0.2, -0.15) is 5.26 Å². The van der Waals surface area contributed by atoms with E-state index < -0.39 is 0 Å². The van der Waals surface area contributed by atoms with Crippen molar-refractivity contribution in [2.45, 2.75) is 13.8 Å². The summed E-state index contributed by atoms with van der Waals surface area (Å²) in [6.45, 7) is 4.34. The molecule has 2 aromatic carbocycles. The second kappa shape index (κ2) is 9.30. The maximum atomic E-state index is 12.6. The second-order valence-corrected chi connectivity index (χ2v) is 7.46. The third kappa shape index (κ3) is 5.18. The summed E-state index contributed by atoms with van der Waals surface area (Å²) in [5.41, 5.74) is 2.86. The topological polar surface area (TPSA) is 79.6 Å². The van der Waals surface area contributed by atoms with Gasteiger partial charge in [-0.1, -0.05) is 24.3 Å². The van der Waals surface area contributed by atoms with Crippen LogP contribution in [0.15, 0.2) is 47.4 Å². The molecule has 2 amide bonds. The Labute approximate surface area is 173 Å². The van der Waals surface area contributed by atoms with Crippen molar-refractivity contribution in [3.8, 4) is 17.6 Å². The van der Waals surface area contributed by atoms with Gasteiger partial charge in [0.2, 0.25) is 0 Å². The molecule has 0 aliphatic carbocycles. The van der Waals surface area contributed by atoms with Crippen LogP contribution < -0.4 is 9.47 Å². The smallest absolute Gasteiger partial charge is 0.293 e. The summed E-state index contributed by atoms with van der Waals surface area (Å²) >= 11 is 0.915. The van der Waals surface area contributed by atoms with Gasteiger partial charge in [-0.15, -0.1) is 0 Å². The highest BCUT2D eigenvalue weighted by molar-refractivity contribution is 8.18. The zero-order valence-corrected chi connectivity index (χ0v) is 17.0. The molecule has 0 radical (unpaired) electrons. The van der Waals surface area contributed by atoms with Crippen molar-refractivity contribution < 1.29 is 19.1 Å². The molecule has 6 nitrogen and oxygen atoms in total. The quantitative estimate of drug-likeness (QED) is 0.635. The Morgan fingerprint density at radius 2 is 1.86 bits per heavy atom. The van der Waals surface area contributed by atoms with Crippen LogP contribution in [0.1, 0.15) is 16.7 Å². The van der Waals surface area contributed by atoms with Crippen molar-refractivity contribution in [1.82, 2.24) is 4.90 Å². The van der Waals surface area contributed by atoms with Crippen LogP contribution in [0.25, 0.3) is 6.08 Å². The molecule has 0 unspecified atom stereocenters. The number of aryl methyl sites for hydroxylation is 2. The van der Waals surface area contributed by atoms with Gasteiger partial charge < -0.3 is 9.47 Å². The summed E-state index contributed by atoms with van der Waals surface area (Å²) in [6, 6.07) is 14.8. The molecule has 0 spiro atoms. The van der Waals surface area contributed by atoms with E-state index >= 15 is 0 Å². The van der Waals surface area contributed by atoms with E-state index in [1.54, 1.807) is 30.3 Å². The molecule has 1 aliphatic heterocycles. The number of imide groups is 1. The lowest BCUT2D eigenvalue weighted by Crippen LogP contribution is -2.32. The predicted molar refractivity (Wildman–Crippen MR) is 112 cm³/mol. The van der Waals surface area contributed by atoms with E-state index in [-0.39, 0.29) is 30.9 Å². The predicted octanol–water partition coefficient (Wildman–Crippen LogP) is 4.32. The fraction of sp³-hybridized carbons (Fsp3) is 0.227. The van der Waals surface area contributed by atoms with Crippen molar-refractivity contribution in [2.75, 3.05) is 19.8 Å². The Kier molecular flexibility index (Phi) is 6.57. The Morgan fingerprint density at radius 3 is 2.59 bits per heavy atom. The number of hydrogen-bond acceptors (Lipinski definition) is 6. The average molecular weight is 408 g/mol. The SMILES string of the molecule is Cc1ccc(C)c(OCCN2C(=O)S/C(=C\c3ccc(OCC#N)cc3)C2=O)c1. The highest BCUT2D eigenvalue weighted by Gasteiger charge is 2.34. The average Bonchev–Trinajstić information content (AvgIpc) is 2.97. The van der Waals surface area contributed by atoms with Gasteiger partial charge in [-0.05, 0) is 66.6 Å². The normalized spacial score (nSPS) is 14.9. The molecule has 0 aromatic heterocycles. The Hall–Kier alpha value is -3.24. The Bertz CT molecular complexity index is 993. The van der Waals surface area contributed by atoms with Crippen molar-refractivity contribution in [3.05, 3.63) is 64.1 Å². The van der Waals surface area contributed by atoms with Gasteiger partial charge in [0, 0.05) is 0 Å². The van der Waals surface area contributed by atoms with Crippen molar-refractivity contribution in [2.24, 2.45) is 0 Å². The van der Waals surface area contributed by atoms with E-state index in [0.29, 0.717) is 10.7 Å². The molecule has 2 aromatic rings. The number of carbonyl (C=O) groups excluding carboxylic acids is 2. The molecule has 7 heteroatoms. The van der Waals surface area contributed by atoms with Gasteiger partial charge in [-0.3, -0.25) is 14.5 Å². The van der Waals surface area contributed by atoms with Gasteiger partial charge in [0.05, 0.1) is 11.4 Å². The van der Waals surface area contributed by atoms with Crippen molar-refractivity contribution >= 4 is 29.0 Å². The van der Waals surface area contributed by atoms with Gasteiger partial charge in [0.15, 0.2) is 6.61 Å². The van der Waals surface area contributed by atoms with Crippen LogP contribution in [0.2, 0.25) is 0 Å². The molecule has 0 N–H and O–H groups in total. The largest absolute Gasteiger partial charge is 0.491 e. The summed E-state index contributed by atoms with van der Waals surface area (Å²) < 4.78 is 11.0. The van der Waals surface area contributed by atoms with Crippen LogP contribution in [0.3, 0.4) is 0 Å². The van der Waals surface area contributed by atoms with E-state index in [0.717, 1.165) is 34.2 Å². The number of nitriles is 1. The minimum Gasteiger partial charge on any atom is -0.491 e. The van der Waals surface area contributed by atoms with Crippen LogP contribution in [-0.2, 0) is 4.79 Å². The Balaban J connectivity index is 1.61. The second-order valence-electron chi connectivity index (χ2n) is 6.47. The molecule has 148 valence electrons. The van der Waals surface area contributed by atoms with Crippen LogP contribution >= 0.6 is 11.8 Å². The summed E-state index contributed by atoms with van der Waals surface area (Å²) in [4.78, 5) is 26.4. The van der Waals surface area contributed by atoms with Crippen molar-refractivity contribution in [3.63, 3.8) is 0 Å². The molecule has 1 fully saturated rings. The summed E-state index contributed by atoms with van der Waals surface area (Å²) in [5, 5.41) is 8.23. The molecule has 0 bridgehead atoms. The lowest BCUT2D eigenvalue weighted by atomic mass is 10.1. The molecule has 1 saturated heterocycles. The minimum absolute atomic E-state index is 0.0254. The van der Waals surface area contributed by atoms with E-state index in [1.165, 1.54) is 4.90 Å². The Morgan fingerprint density at radius 1 is 1.10 bits per heavy atom. The number of amides is 2. The molecule has 0 saturated carbocycles. The van der Waals surface area contributed by atoms with Crippen LogP contribution in [0, 0.1) is 25.2 Å². The number of carbonyl (C=O) groups is 2. The maximum Gasteiger partial charge on any atom is 0.293 e. The molecule has 29 heavy (non-hydrogen) atoms. The number of hydrogen-bond donors (Lipinski definition) is 0. The molecular weight excluding hydrogens is 388 g/mol. The zero-order valence-electron chi connectivity index (χ0n) is 16.2. The summed E-state index contributed by atoms with van der Waals surface area (Å²) in [7, 11) is 0. The highest BCUT2D eigenvalue weighted by Crippen LogP contribution is 2.32. The zero-order chi connectivity index (χ0) is 20.8. The van der Waals surface area contributed by atoms with Crippen molar-refractivity contribution in [1.29, 1.82) is 5.26 Å². The monoisotopic (exact) mass is 408 g/mol. The number of rotatable bonds is 7. The van der Waals surface area contributed by atoms with Gasteiger partial charge in [0.1, 0.15) is 24.2 Å². The first-order valence-electron chi connectivity index (χ1n) is 9.03. The first-order valence-corrected chi connectivity index (χ1v) is 9.85. The van der Waals surface area contributed by atoms with E-state index in [1.807, 2.05) is 38.1 Å². The van der Waals surface area contributed by atoms with Gasteiger partial charge in [-0.25, -0.2) is 0 Å². The van der Waals surface area contributed by atoms with Crippen LogP contribution in [0.4, 0.5) is 4.79 Å². The summed E-state index contributed by atoms with van der Waals surface area (Å²) in [5.74, 6) is 1.00. The van der Waals surface area contributed by atoms with Crippen LogP contribution in [-0.4, -0.2) is 35.8 Å². The number of thioether (sulfide) groups is 1. The van der Waals surface area contributed by atoms with E-state index in [2.05, 4.69) is 0 Å². The third-order valence-corrected chi connectivity index (χ3v) is 5.18. The fourth-order valence-electron chi connectivity index (χ4n) is 2.73. The number of benzene rings is 2. The maximum absolute atomic E-state index is 12.6. The van der Waals surface area contributed by atoms with E-state index in [4.69, 9.17) is 14.7 Å². The fourth-order valence-corrected chi connectivity index (χ4v) is 3.59.